The van der Waals surface area contributed by atoms with Gasteiger partial charge in [-0.15, -0.1) is 0 Å². The van der Waals surface area contributed by atoms with Gasteiger partial charge in [-0.25, -0.2) is 9.47 Å². The quantitative estimate of drug-likeness (QED) is 0.242. The lowest BCUT2D eigenvalue weighted by atomic mass is 9.97. The van der Waals surface area contributed by atoms with Crippen LogP contribution in [0.5, 0.6) is 0 Å². The second kappa shape index (κ2) is 9.15. The van der Waals surface area contributed by atoms with Crippen molar-refractivity contribution in [3.63, 3.8) is 0 Å². The first-order valence-electron chi connectivity index (χ1n) is 7.83. The summed E-state index contributed by atoms with van der Waals surface area (Å²) in [5.41, 5.74) is 0. The summed E-state index contributed by atoms with van der Waals surface area (Å²) in [6, 6.07) is 0. The molecule has 1 N–H and O–H groups in total. The van der Waals surface area contributed by atoms with Crippen molar-refractivity contribution in [1.29, 1.82) is 0 Å². The summed E-state index contributed by atoms with van der Waals surface area (Å²) in [5, 5.41) is 7.83. The first kappa shape index (κ1) is 36.3. The third-order valence-corrected chi connectivity index (χ3v) is 3.78. The van der Waals surface area contributed by atoms with Crippen LogP contribution in [0.25, 0.3) is 0 Å². The Hall–Kier alpha value is -1.73. The maximum atomic E-state index is 13.2. The van der Waals surface area contributed by atoms with Gasteiger partial charge < -0.3 is 5.11 Å². The molecule has 3 nitrogen and oxygen atoms in total. The molecule has 0 aromatic heterocycles. The fourth-order valence-corrected chi connectivity index (χ4v) is 1.64. The van der Waals surface area contributed by atoms with Gasteiger partial charge in [-0.1, -0.05) is 0 Å². The number of hydrogen-bond donors (Lipinski definition) is 1. The monoisotopic (exact) mass is 632 g/mol. The fourth-order valence-electron chi connectivity index (χ4n) is 1.64. The predicted octanol–water partition coefficient (Wildman–Crippen LogP) is 6.76. The highest BCUT2D eigenvalue weighted by atomic mass is 19.4. The normalized spacial score (nSPS) is 16.7. The summed E-state index contributed by atoms with van der Waals surface area (Å²) >= 11 is 0. The zero-order valence-corrected chi connectivity index (χ0v) is 16.2. The van der Waals surface area contributed by atoms with E-state index in [4.69, 9.17) is 5.11 Å². The third-order valence-electron chi connectivity index (χ3n) is 3.78. The summed E-state index contributed by atoms with van der Waals surface area (Å²) < 4.78 is 297. The molecule has 0 amide bonds. The molecule has 0 heterocycles. The molecule has 0 atom stereocenters. The summed E-state index contributed by atoms with van der Waals surface area (Å²) in [4.78, 5) is 0. The fraction of sp³-hybridized carbons (Fsp3) is 1.00. The Morgan fingerprint density at radius 3 is 0.868 bits per heavy atom. The number of halogens is 23. The van der Waals surface area contributed by atoms with E-state index >= 15 is 0 Å². The second-order valence-corrected chi connectivity index (χ2v) is 6.50. The standard InChI is InChI=1S/C12H3F23O3/c13-2(14,1-36)3(15,16)9(28,29)37-11(32,33)12(34,35)38-10(30,31)7(23,24)5(19,20)4(17,18)6(21,22)8(25,26)27/h36H,1H2. The number of hydrogen-bond acceptors (Lipinski definition) is 3. The van der Waals surface area contributed by atoms with Crippen LogP contribution in [0.3, 0.4) is 0 Å². The van der Waals surface area contributed by atoms with Crippen LogP contribution in [0.15, 0.2) is 0 Å². The minimum Gasteiger partial charge on any atom is -0.390 e. The van der Waals surface area contributed by atoms with Crippen molar-refractivity contribution in [3.05, 3.63) is 0 Å². The summed E-state index contributed by atoms with van der Waals surface area (Å²) in [6.45, 7) is -3.41. The van der Waals surface area contributed by atoms with Gasteiger partial charge in [0.05, 0.1) is 0 Å². The molecule has 0 saturated carbocycles. The molecule has 0 rings (SSSR count). The Morgan fingerprint density at radius 2 is 0.605 bits per heavy atom. The SMILES string of the molecule is OCC(F)(F)C(F)(F)C(F)(F)OC(F)(F)C(F)(F)OC(F)(F)C(F)(F)C(F)(F)C(F)(F)C(F)(F)C(F)(F)F. The van der Waals surface area contributed by atoms with Crippen LogP contribution in [-0.4, -0.2) is 77.9 Å². The van der Waals surface area contributed by atoms with Gasteiger partial charge in [0, 0.05) is 0 Å². The third kappa shape index (κ3) is 5.22. The minimum atomic E-state index is -8.91. The number of ether oxygens (including phenoxy) is 2. The van der Waals surface area contributed by atoms with Crippen LogP contribution in [0.1, 0.15) is 0 Å². The first-order chi connectivity index (χ1) is 16.0. The van der Waals surface area contributed by atoms with Crippen molar-refractivity contribution in [2.45, 2.75) is 66.1 Å². The van der Waals surface area contributed by atoms with Gasteiger partial charge in [-0.05, 0) is 0 Å². The van der Waals surface area contributed by atoms with Crippen LogP contribution < -0.4 is 0 Å². The van der Waals surface area contributed by atoms with Crippen molar-refractivity contribution in [2.24, 2.45) is 0 Å². The Labute approximate surface area is 190 Å². The molecule has 0 spiro atoms. The number of aliphatic hydroxyl groups is 1. The van der Waals surface area contributed by atoms with E-state index in [0.29, 0.717) is 0 Å². The first-order valence-corrected chi connectivity index (χ1v) is 7.83. The van der Waals surface area contributed by atoms with Crippen molar-refractivity contribution < 1.29 is 116 Å². The molecule has 0 aliphatic carbocycles. The van der Waals surface area contributed by atoms with Crippen molar-refractivity contribution >= 4 is 0 Å². The molecule has 0 radical (unpaired) electrons. The highest BCUT2D eigenvalue weighted by Gasteiger charge is 2.92. The van der Waals surface area contributed by atoms with Crippen LogP contribution in [0, 0.1) is 0 Å². The van der Waals surface area contributed by atoms with E-state index < -0.39 is 72.8 Å². The smallest absolute Gasteiger partial charge is 0.390 e. The van der Waals surface area contributed by atoms with Crippen molar-refractivity contribution in [1.82, 2.24) is 0 Å². The second-order valence-electron chi connectivity index (χ2n) is 6.50. The summed E-state index contributed by atoms with van der Waals surface area (Å²) in [7, 11) is 0. The lowest BCUT2D eigenvalue weighted by Gasteiger charge is -2.40. The summed E-state index contributed by atoms with van der Waals surface area (Å²) in [5.74, 6) is -49.0. The van der Waals surface area contributed by atoms with Gasteiger partial charge >= 0.3 is 66.1 Å². The number of alkyl halides is 23. The van der Waals surface area contributed by atoms with Crippen LogP contribution in [0.4, 0.5) is 101 Å². The van der Waals surface area contributed by atoms with E-state index in [1.54, 1.807) is 0 Å². The van der Waals surface area contributed by atoms with Crippen molar-refractivity contribution in [2.75, 3.05) is 6.61 Å². The maximum Gasteiger partial charge on any atom is 0.460 e. The molecule has 0 aliphatic rings. The molecule has 0 aliphatic heterocycles. The van der Waals surface area contributed by atoms with Gasteiger partial charge in [0.25, 0.3) is 0 Å². The number of aliphatic hydroxyl groups excluding tert-OH is 1. The van der Waals surface area contributed by atoms with E-state index in [0.717, 1.165) is 4.74 Å². The van der Waals surface area contributed by atoms with Crippen molar-refractivity contribution in [3.8, 4) is 0 Å². The molecule has 0 aromatic carbocycles. The molecule has 0 saturated heterocycles. The zero-order chi connectivity index (χ0) is 31.6. The number of rotatable bonds is 12. The van der Waals surface area contributed by atoms with E-state index in [-0.39, 0.29) is 0 Å². The molecule has 0 bridgehead atoms. The molecule has 26 heteroatoms. The highest BCUT2D eigenvalue weighted by Crippen LogP contribution is 2.61. The van der Waals surface area contributed by atoms with Gasteiger partial charge in [0.1, 0.15) is 6.61 Å². The van der Waals surface area contributed by atoms with E-state index in [1.807, 2.05) is 0 Å². The molecular weight excluding hydrogens is 629 g/mol. The lowest BCUT2D eigenvalue weighted by Crippen LogP contribution is -2.71. The Bertz CT molecular complexity index is 841. The van der Waals surface area contributed by atoms with Crippen LogP contribution in [-0.2, 0) is 9.47 Å². The lowest BCUT2D eigenvalue weighted by molar-refractivity contribution is -0.556. The molecule has 230 valence electrons. The van der Waals surface area contributed by atoms with Crippen LogP contribution in [0.2, 0.25) is 0 Å². The van der Waals surface area contributed by atoms with E-state index in [2.05, 4.69) is 0 Å². The van der Waals surface area contributed by atoms with Gasteiger partial charge in [-0.3, -0.25) is 0 Å². The predicted molar refractivity (Wildman–Crippen MR) is 64.8 cm³/mol. The largest absolute Gasteiger partial charge is 0.460 e. The molecule has 0 fully saturated rings. The average molecular weight is 632 g/mol. The zero-order valence-electron chi connectivity index (χ0n) is 16.2. The maximum absolute atomic E-state index is 13.2. The summed E-state index contributed by atoms with van der Waals surface area (Å²) in [6.07, 6.45) is -40.5. The topological polar surface area (TPSA) is 38.7 Å². The Balaban J connectivity index is 6.54. The molecule has 0 unspecified atom stereocenters. The minimum absolute atomic E-state index is 0.959. The Morgan fingerprint density at radius 1 is 0.342 bits per heavy atom. The average Bonchev–Trinajstić information content (AvgIpc) is 2.64. The Kier molecular flexibility index (Phi) is 8.74. The molecule has 38 heavy (non-hydrogen) atoms. The highest BCUT2D eigenvalue weighted by molar-refractivity contribution is 5.08. The van der Waals surface area contributed by atoms with Gasteiger partial charge in [-0.2, -0.15) is 101 Å². The van der Waals surface area contributed by atoms with E-state index in [9.17, 15) is 101 Å². The molecule has 0 aromatic rings. The van der Waals surface area contributed by atoms with Gasteiger partial charge in [0.15, 0.2) is 0 Å². The van der Waals surface area contributed by atoms with Crippen LogP contribution >= 0.6 is 0 Å². The van der Waals surface area contributed by atoms with Gasteiger partial charge in [0.2, 0.25) is 0 Å². The van der Waals surface area contributed by atoms with E-state index in [1.165, 1.54) is 4.74 Å². The molecular formula is C12H3F23O3.